The highest BCUT2D eigenvalue weighted by Crippen LogP contribution is 2.15. The van der Waals surface area contributed by atoms with Crippen molar-refractivity contribution in [3.63, 3.8) is 0 Å². The molecule has 2 amide bonds. The van der Waals surface area contributed by atoms with Gasteiger partial charge in [-0.1, -0.05) is 24.3 Å². The van der Waals surface area contributed by atoms with Gasteiger partial charge in [-0.25, -0.2) is 4.39 Å². The maximum atomic E-state index is 13.3. The van der Waals surface area contributed by atoms with Gasteiger partial charge in [-0.05, 0) is 29.8 Å². The fourth-order valence-electron chi connectivity index (χ4n) is 3.20. The standard InChI is InChI=1S/C20H23FN4O2/c21-16-5-3-4-15(12-16)13-24-8-10-25(11-9-24)14-19(26)23-18-7-2-1-6-17(18)20(22)27/h1-7,12H,8-11,13-14H2,(H2,22,27)(H,23,26). The number of hydrogen-bond donors (Lipinski definition) is 2. The summed E-state index contributed by atoms with van der Waals surface area (Å²) in [6.07, 6.45) is 0. The summed E-state index contributed by atoms with van der Waals surface area (Å²) in [5.74, 6) is -0.974. The number of nitrogens with one attached hydrogen (secondary N) is 1. The first-order valence-electron chi connectivity index (χ1n) is 8.89. The number of hydrogen-bond acceptors (Lipinski definition) is 4. The van der Waals surface area contributed by atoms with Gasteiger partial charge in [0.15, 0.2) is 0 Å². The van der Waals surface area contributed by atoms with Crippen LogP contribution in [0.1, 0.15) is 15.9 Å². The van der Waals surface area contributed by atoms with E-state index in [4.69, 9.17) is 5.73 Å². The van der Waals surface area contributed by atoms with Gasteiger partial charge >= 0.3 is 0 Å². The normalized spacial score (nSPS) is 15.4. The lowest BCUT2D eigenvalue weighted by atomic mass is 10.1. The van der Waals surface area contributed by atoms with Crippen molar-refractivity contribution in [2.24, 2.45) is 5.73 Å². The lowest BCUT2D eigenvalue weighted by molar-refractivity contribution is -0.117. The van der Waals surface area contributed by atoms with Crippen LogP contribution in [0.2, 0.25) is 0 Å². The summed E-state index contributed by atoms with van der Waals surface area (Å²) in [5.41, 5.74) is 7.01. The lowest BCUT2D eigenvalue weighted by Gasteiger charge is -2.34. The third-order valence-corrected chi connectivity index (χ3v) is 4.59. The van der Waals surface area contributed by atoms with Crippen LogP contribution in [0.5, 0.6) is 0 Å². The highest BCUT2D eigenvalue weighted by atomic mass is 19.1. The number of carbonyl (C=O) groups is 2. The van der Waals surface area contributed by atoms with Gasteiger partial charge in [0.25, 0.3) is 5.91 Å². The van der Waals surface area contributed by atoms with E-state index < -0.39 is 5.91 Å². The number of nitrogens with two attached hydrogens (primary N) is 1. The van der Waals surface area contributed by atoms with Crippen molar-refractivity contribution < 1.29 is 14.0 Å². The number of para-hydroxylation sites is 1. The van der Waals surface area contributed by atoms with Crippen LogP contribution in [0.3, 0.4) is 0 Å². The summed E-state index contributed by atoms with van der Waals surface area (Å²) < 4.78 is 13.3. The van der Waals surface area contributed by atoms with Crippen molar-refractivity contribution >= 4 is 17.5 Å². The number of rotatable bonds is 6. The minimum absolute atomic E-state index is 0.178. The van der Waals surface area contributed by atoms with Crippen LogP contribution in [0.25, 0.3) is 0 Å². The van der Waals surface area contributed by atoms with Crippen molar-refractivity contribution in [3.05, 3.63) is 65.5 Å². The zero-order chi connectivity index (χ0) is 19.2. The van der Waals surface area contributed by atoms with Gasteiger partial charge in [0.05, 0.1) is 17.8 Å². The molecule has 7 heteroatoms. The summed E-state index contributed by atoms with van der Waals surface area (Å²) in [5, 5.41) is 2.76. The first kappa shape index (κ1) is 19.0. The minimum Gasteiger partial charge on any atom is -0.366 e. The Balaban J connectivity index is 1.48. The molecule has 0 aromatic heterocycles. The van der Waals surface area contributed by atoms with Crippen LogP contribution < -0.4 is 11.1 Å². The largest absolute Gasteiger partial charge is 0.366 e. The smallest absolute Gasteiger partial charge is 0.250 e. The third kappa shape index (κ3) is 5.35. The minimum atomic E-state index is -0.572. The summed E-state index contributed by atoms with van der Waals surface area (Å²) in [6, 6.07) is 13.3. The average molecular weight is 370 g/mol. The van der Waals surface area contributed by atoms with Gasteiger partial charge in [0.1, 0.15) is 5.82 Å². The van der Waals surface area contributed by atoms with Gasteiger partial charge in [0, 0.05) is 32.7 Å². The molecule has 1 aliphatic rings. The second kappa shape index (κ2) is 8.75. The number of piperazine rings is 1. The molecule has 1 saturated heterocycles. The fraction of sp³-hybridized carbons (Fsp3) is 0.300. The molecule has 0 spiro atoms. The van der Waals surface area contributed by atoms with Crippen LogP contribution in [0, 0.1) is 5.82 Å². The molecule has 0 unspecified atom stereocenters. The van der Waals surface area contributed by atoms with E-state index >= 15 is 0 Å². The van der Waals surface area contributed by atoms with Crippen LogP contribution in [-0.4, -0.2) is 54.3 Å². The molecule has 2 aromatic carbocycles. The van der Waals surface area contributed by atoms with Gasteiger partial charge in [-0.3, -0.25) is 19.4 Å². The fourth-order valence-corrected chi connectivity index (χ4v) is 3.20. The van der Waals surface area contributed by atoms with Gasteiger partial charge in [-0.2, -0.15) is 0 Å². The Labute approximate surface area is 157 Å². The van der Waals surface area contributed by atoms with Crippen LogP contribution in [0.15, 0.2) is 48.5 Å². The predicted octanol–water partition coefficient (Wildman–Crippen LogP) is 1.68. The second-order valence-electron chi connectivity index (χ2n) is 6.64. The Hall–Kier alpha value is -2.77. The van der Waals surface area contributed by atoms with E-state index in [0.717, 1.165) is 31.7 Å². The molecule has 27 heavy (non-hydrogen) atoms. The molecular formula is C20H23FN4O2. The van der Waals surface area contributed by atoms with Crippen LogP contribution in [-0.2, 0) is 11.3 Å². The molecule has 3 N–H and O–H groups in total. The molecule has 142 valence electrons. The first-order valence-corrected chi connectivity index (χ1v) is 8.89. The number of primary amides is 1. The highest BCUT2D eigenvalue weighted by Gasteiger charge is 2.20. The van der Waals surface area contributed by atoms with E-state index in [2.05, 4.69) is 15.1 Å². The molecule has 3 rings (SSSR count). The molecule has 1 fully saturated rings. The van der Waals surface area contributed by atoms with Crippen molar-refractivity contribution in [2.75, 3.05) is 38.0 Å². The van der Waals surface area contributed by atoms with Crippen LogP contribution >= 0.6 is 0 Å². The maximum absolute atomic E-state index is 13.3. The molecule has 6 nitrogen and oxygen atoms in total. The summed E-state index contributed by atoms with van der Waals surface area (Å²) in [6.45, 7) is 4.06. The second-order valence-corrected chi connectivity index (χ2v) is 6.64. The molecule has 0 bridgehead atoms. The molecule has 0 aliphatic carbocycles. The maximum Gasteiger partial charge on any atom is 0.250 e. The summed E-state index contributed by atoms with van der Waals surface area (Å²) in [4.78, 5) is 28.0. The molecule has 1 aliphatic heterocycles. The van der Waals surface area contributed by atoms with E-state index in [1.165, 1.54) is 6.07 Å². The number of carbonyl (C=O) groups excluding carboxylic acids is 2. The number of benzene rings is 2. The molecule has 1 heterocycles. The van der Waals surface area contributed by atoms with E-state index in [9.17, 15) is 14.0 Å². The predicted molar refractivity (Wildman–Crippen MR) is 102 cm³/mol. The monoisotopic (exact) mass is 370 g/mol. The molecule has 0 radical (unpaired) electrons. The Morgan fingerprint density at radius 1 is 1.00 bits per heavy atom. The van der Waals surface area contributed by atoms with Crippen LogP contribution in [0.4, 0.5) is 10.1 Å². The SMILES string of the molecule is NC(=O)c1ccccc1NC(=O)CN1CCN(Cc2cccc(F)c2)CC1. The van der Waals surface area contributed by atoms with Gasteiger partial charge in [0.2, 0.25) is 5.91 Å². The van der Waals surface area contributed by atoms with Gasteiger partial charge in [-0.15, -0.1) is 0 Å². The third-order valence-electron chi connectivity index (χ3n) is 4.59. The number of halogens is 1. The molecule has 2 aromatic rings. The van der Waals surface area contributed by atoms with Crippen molar-refractivity contribution in [1.29, 1.82) is 0 Å². The molecule has 0 atom stereocenters. The average Bonchev–Trinajstić information content (AvgIpc) is 2.63. The van der Waals surface area contributed by atoms with E-state index in [0.29, 0.717) is 17.8 Å². The molecular weight excluding hydrogens is 347 g/mol. The summed E-state index contributed by atoms with van der Waals surface area (Å²) in [7, 11) is 0. The zero-order valence-corrected chi connectivity index (χ0v) is 15.0. The van der Waals surface area contributed by atoms with Crippen molar-refractivity contribution in [3.8, 4) is 0 Å². The number of amides is 2. The Morgan fingerprint density at radius 3 is 2.41 bits per heavy atom. The van der Waals surface area contributed by atoms with E-state index in [1.807, 2.05) is 6.07 Å². The first-order chi connectivity index (χ1) is 13.0. The lowest BCUT2D eigenvalue weighted by Crippen LogP contribution is -2.48. The molecule has 0 saturated carbocycles. The quantitative estimate of drug-likeness (QED) is 0.811. The number of nitrogens with zero attached hydrogens (tertiary/aromatic N) is 2. The Morgan fingerprint density at radius 2 is 1.70 bits per heavy atom. The Kier molecular flexibility index (Phi) is 6.16. The van der Waals surface area contributed by atoms with E-state index in [1.54, 1.807) is 36.4 Å². The Bertz CT molecular complexity index is 819. The highest BCUT2D eigenvalue weighted by molar-refractivity contribution is 6.03. The van der Waals surface area contributed by atoms with Crippen molar-refractivity contribution in [1.82, 2.24) is 9.80 Å². The van der Waals surface area contributed by atoms with E-state index in [-0.39, 0.29) is 18.3 Å². The summed E-state index contributed by atoms with van der Waals surface area (Å²) >= 11 is 0. The topological polar surface area (TPSA) is 78.7 Å². The van der Waals surface area contributed by atoms with Crippen molar-refractivity contribution in [2.45, 2.75) is 6.54 Å². The zero-order valence-electron chi connectivity index (χ0n) is 15.0. The van der Waals surface area contributed by atoms with Gasteiger partial charge < -0.3 is 11.1 Å². The number of anilines is 1.